The summed E-state index contributed by atoms with van der Waals surface area (Å²) in [5.74, 6) is -0.0818. The van der Waals surface area contributed by atoms with Crippen LogP contribution in [0, 0.1) is 13.8 Å². The Balaban J connectivity index is 1.88. The van der Waals surface area contributed by atoms with Gasteiger partial charge in [0.1, 0.15) is 0 Å². The summed E-state index contributed by atoms with van der Waals surface area (Å²) in [7, 11) is -3.42. The average molecular weight is 446 g/mol. The van der Waals surface area contributed by atoms with Crippen molar-refractivity contribution in [2.24, 2.45) is 0 Å². The summed E-state index contributed by atoms with van der Waals surface area (Å²) in [6.07, 6.45) is 1.92. The molecule has 170 valence electrons. The lowest BCUT2D eigenvalue weighted by Crippen LogP contribution is -2.32. The zero-order valence-corrected chi connectivity index (χ0v) is 20.1. The average Bonchev–Trinajstić information content (AvgIpc) is 2.69. The van der Waals surface area contributed by atoms with Gasteiger partial charge in [-0.3, -0.25) is 9.10 Å². The van der Waals surface area contributed by atoms with Gasteiger partial charge in [0.15, 0.2) is 0 Å². The summed E-state index contributed by atoms with van der Waals surface area (Å²) < 4.78 is 25.9. The summed E-state index contributed by atoms with van der Waals surface area (Å²) in [4.78, 5) is 14.5. The Bertz CT molecular complexity index is 948. The van der Waals surface area contributed by atoms with Crippen molar-refractivity contribution in [3.8, 4) is 0 Å². The first-order chi connectivity index (χ1) is 14.6. The number of sulfonamides is 1. The van der Waals surface area contributed by atoms with Crippen LogP contribution < -0.4 is 14.5 Å². The molecular weight excluding hydrogens is 410 g/mol. The van der Waals surface area contributed by atoms with Crippen molar-refractivity contribution < 1.29 is 13.2 Å². The van der Waals surface area contributed by atoms with Gasteiger partial charge in [0.05, 0.1) is 11.9 Å². The van der Waals surface area contributed by atoms with Crippen LogP contribution in [0.25, 0.3) is 0 Å². The van der Waals surface area contributed by atoms with Crippen LogP contribution in [0.3, 0.4) is 0 Å². The maximum atomic E-state index is 12.3. The molecule has 31 heavy (non-hydrogen) atoms. The predicted molar refractivity (Wildman–Crippen MR) is 129 cm³/mol. The van der Waals surface area contributed by atoms with Gasteiger partial charge >= 0.3 is 0 Å². The van der Waals surface area contributed by atoms with E-state index in [0.29, 0.717) is 18.7 Å². The number of rotatable bonds is 11. The maximum Gasteiger partial charge on any atom is 0.232 e. The van der Waals surface area contributed by atoms with Crippen LogP contribution in [0.15, 0.2) is 42.5 Å². The molecule has 2 aromatic carbocycles. The number of hydrogen-bond donors (Lipinski definition) is 1. The van der Waals surface area contributed by atoms with Crippen LogP contribution in [0.5, 0.6) is 0 Å². The number of nitrogens with one attached hydrogen (secondary N) is 1. The van der Waals surface area contributed by atoms with Crippen molar-refractivity contribution in [2.75, 3.05) is 35.1 Å². The highest BCUT2D eigenvalue weighted by atomic mass is 32.2. The van der Waals surface area contributed by atoms with Crippen LogP contribution in [0.1, 0.15) is 43.4 Å². The number of aryl methyl sites for hydroxylation is 2. The van der Waals surface area contributed by atoms with Crippen molar-refractivity contribution in [2.45, 2.75) is 47.1 Å². The summed E-state index contributed by atoms with van der Waals surface area (Å²) >= 11 is 0. The molecule has 0 saturated heterocycles. The minimum absolute atomic E-state index is 0.0818. The second-order valence-corrected chi connectivity index (χ2v) is 9.81. The van der Waals surface area contributed by atoms with Gasteiger partial charge in [-0.25, -0.2) is 8.42 Å². The molecule has 0 unspecified atom stereocenters. The molecule has 0 aliphatic heterocycles. The second-order valence-electron chi connectivity index (χ2n) is 7.90. The first kappa shape index (κ1) is 24.7. The topological polar surface area (TPSA) is 69.7 Å². The standard InChI is InChI=1S/C24H35N3O3S/c1-6-26(7-2)22-12-10-21(11-13-22)18-25-24(28)9-8-14-27(31(5,29)30)23-16-19(3)15-20(4)17-23/h10-13,15-17H,6-9,14,18H2,1-5H3,(H,25,28). The first-order valence-corrected chi connectivity index (χ1v) is 12.7. The van der Waals surface area contributed by atoms with Crippen LogP contribution >= 0.6 is 0 Å². The van der Waals surface area contributed by atoms with E-state index in [-0.39, 0.29) is 18.9 Å². The minimum atomic E-state index is -3.42. The normalized spacial score (nSPS) is 11.3. The van der Waals surface area contributed by atoms with Crippen molar-refractivity contribution in [3.63, 3.8) is 0 Å². The smallest absolute Gasteiger partial charge is 0.232 e. The van der Waals surface area contributed by atoms with Crippen LogP contribution in [-0.2, 0) is 21.4 Å². The van der Waals surface area contributed by atoms with E-state index in [1.165, 1.54) is 16.2 Å². The van der Waals surface area contributed by atoms with E-state index < -0.39 is 10.0 Å². The lowest BCUT2D eigenvalue weighted by atomic mass is 10.1. The molecular formula is C24H35N3O3S. The lowest BCUT2D eigenvalue weighted by molar-refractivity contribution is -0.121. The van der Waals surface area contributed by atoms with Gasteiger partial charge in [-0.2, -0.15) is 0 Å². The monoisotopic (exact) mass is 445 g/mol. The first-order valence-electron chi connectivity index (χ1n) is 10.8. The van der Waals surface area contributed by atoms with E-state index in [9.17, 15) is 13.2 Å². The zero-order chi connectivity index (χ0) is 23.0. The van der Waals surface area contributed by atoms with E-state index in [4.69, 9.17) is 0 Å². The summed E-state index contributed by atoms with van der Waals surface area (Å²) in [5, 5.41) is 2.93. The van der Waals surface area contributed by atoms with Crippen LogP contribution in [0.2, 0.25) is 0 Å². The number of hydrogen-bond acceptors (Lipinski definition) is 4. The largest absolute Gasteiger partial charge is 0.372 e. The van der Waals surface area contributed by atoms with Crippen molar-refractivity contribution in [3.05, 3.63) is 59.2 Å². The summed E-state index contributed by atoms with van der Waals surface area (Å²) in [6, 6.07) is 13.9. The van der Waals surface area contributed by atoms with Crippen molar-refractivity contribution in [1.29, 1.82) is 0 Å². The third kappa shape index (κ3) is 7.58. The second kappa shape index (κ2) is 11.2. The van der Waals surface area contributed by atoms with Gasteiger partial charge in [-0.15, -0.1) is 0 Å². The molecule has 0 heterocycles. The predicted octanol–water partition coefficient (Wildman–Crippen LogP) is 4.01. The number of anilines is 2. The molecule has 0 aliphatic carbocycles. The Kier molecular flexibility index (Phi) is 8.92. The molecule has 0 fully saturated rings. The molecule has 1 amide bonds. The Labute approximate surface area is 187 Å². The highest BCUT2D eigenvalue weighted by Gasteiger charge is 2.18. The quantitative estimate of drug-likeness (QED) is 0.567. The van der Waals surface area contributed by atoms with Crippen LogP contribution in [0.4, 0.5) is 11.4 Å². The lowest BCUT2D eigenvalue weighted by Gasteiger charge is -2.23. The van der Waals surface area contributed by atoms with E-state index in [0.717, 1.165) is 29.8 Å². The van der Waals surface area contributed by atoms with Gasteiger partial charge in [0, 0.05) is 38.3 Å². The van der Waals surface area contributed by atoms with Crippen molar-refractivity contribution in [1.82, 2.24) is 5.32 Å². The minimum Gasteiger partial charge on any atom is -0.372 e. The highest BCUT2D eigenvalue weighted by Crippen LogP contribution is 2.22. The maximum absolute atomic E-state index is 12.3. The number of benzene rings is 2. The summed E-state index contributed by atoms with van der Waals surface area (Å²) in [5.41, 5.74) is 4.88. The molecule has 0 bridgehead atoms. The van der Waals surface area contributed by atoms with E-state index in [2.05, 4.69) is 36.2 Å². The number of amides is 1. The third-order valence-corrected chi connectivity index (χ3v) is 6.41. The van der Waals surface area contributed by atoms with E-state index in [1.807, 2.05) is 44.2 Å². The van der Waals surface area contributed by atoms with Gasteiger partial charge in [0.2, 0.25) is 15.9 Å². The van der Waals surface area contributed by atoms with Crippen LogP contribution in [-0.4, -0.2) is 40.2 Å². The summed E-state index contributed by atoms with van der Waals surface area (Å²) in [6.45, 7) is 10.8. The third-order valence-electron chi connectivity index (χ3n) is 5.21. The molecule has 0 aliphatic rings. The Morgan fingerprint density at radius 3 is 2.03 bits per heavy atom. The Morgan fingerprint density at radius 1 is 0.935 bits per heavy atom. The molecule has 6 nitrogen and oxygen atoms in total. The van der Waals surface area contributed by atoms with Gasteiger partial charge in [-0.1, -0.05) is 18.2 Å². The zero-order valence-electron chi connectivity index (χ0n) is 19.3. The van der Waals surface area contributed by atoms with E-state index >= 15 is 0 Å². The van der Waals surface area contributed by atoms with Crippen molar-refractivity contribution >= 4 is 27.3 Å². The molecule has 0 radical (unpaired) electrons. The molecule has 0 atom stereocenters. The fourth-order valence-corrected chi connectivity index (χ4v) is 4.62. The molecule has 2 aromatic rings. The molecule has 2 rings (SSSR count). The molecule has 0 saturated carbocycles. The highest BCUT2D eigenvalue weighted by molar-refractivity contribution is 7.92. The molecule has 0 spiro atoms. The molecule has 0 aromatic heterocycles. The SMILES string of the molecule is CCN(CC)c1ccc(CNC(=O)CCCN(c2cc(C)cc(C)c2)S(C)(=O)=O)cc1. The fraction of sp³-hybridized carbons (Fsp3) is 0.458. The van der Waals surface area contributed by atoms with Gasteiger partial charge < -0.3 is 10.2 Å². The van der Waals surface area contributed by atoms with Gasteiger partial charge in [-0.05, 0) is 75.1 Å². The number of carbonyl (C=O) groups is 1. The number of carbonyl (C=O) groups excluding carboxylic acids is 1. The van der Waals surface area contributed by atoms with Gasteiger partial charge in [0.25, 0.3) is 0 Å². The Hall–Kier alpha value is -2.54. The van der Waals surface area contributed by atoms with E-state index in [1.54, 1.807) is 0 Å². The fourth-order valence-electron chi connectivity index (χ4n) is 3.67. The molecule has 1 N–H and O–H groups in total. The Morgan fingerprint density at radius 2 is 1.52 bits per heavy atom. The molecule has 7 heteroatoms. The number of nitrogens with zero attached hydrogens (tertiary/aromatic N) is 2.